The molecule has 0 aliphatic heterocycles. The van der Waals surface area contributed by atoms with Gasteiger partial charge in [-0.3, -0.25) is 9.48 Å². The summed E-state index contributed by atoms with van der Waals surface area (Å²) in [5, 5.41) is 12.7. The number of carbonyl (C=O) groups is 1. The van der Waals surface area contributed by atoms with Gasteiger partial charge in [0.05, 0.1) is 12.0 Å². The largest absolute Gasteiger partial charge is 0.481 e. The monoisotopic (exact) mass is 183 g/mol. The minimum Gasteiger partial charge on any atom is -0.481 e. The van der Waals surface area contributed by atoms with Gasteiger partial charge in [-0.1, -0.05) is 0 Å². The molecule has 1 rings (SSSR count). The van der Waals surface area contributed by atoms with Gasteiger partial charge in [0.2, 0.25) is 0 Å². The summed E-state index contributed by atoms with van der Waals surface area (Å²) in [6.45, 7) is 3.61. The second-order valence-electron chi connectivity index (χ2n) is 3.63. The SMILES string of the molecule is CC(C)(Cn1ccc(N)n1)C(=O)O. The molecule has 0 aliphatic rings. The Morgan fingerprint density at radius 3 is 2.77 bits per heavy atom. The molecule has 0 unspecified atom stereocenters. The number of carboxylic acids is 1. The van der Waals surface area contributed by atoms with E-state index in [4.69, 9.17) is 10.8 Å². The van der Waals surface area contributed by atoms with E-state index in [9.17, 15) is 4.79 Å². The molecule has 0 atom stereocenters. The van der Waals surface area contributed by atoms with Crippen molar-refractivity contribution in [2.24, 2.45) is 5.41 Å². The van der Waals surface area contributed by atoms with Crippen LogP contribution in [-0.2, 0) is 11.3 Å². The molecule has 3 N–H and O–H groups in total. The van der Waals surface area contributed by atoms with Crippen molar-refractivity contribution in [2.75, 3.05) is 5.73 Å². The van der Waals surface area contributed by atoms with Gasteiger partial charge in [-0.05, 0) is 19.9 Å². The number of hydrogen-bond acceptors (Lipinski definition) is 3. The maximum atomic E-state index is 10.8. The first-order chi connectivity index (χ1) is 5.92. The number of carboxylic acid groups (broad SMARTS) is 1. The smallest absolute Gasteiger partial charge is 0.310 e. The molecule has 0 amide bonds. The highest BCUT2D eigenvalue weighted by Gasteiger charge is 2.27. The van der Waals surface area contributed by atoms with Crippen LogP contribution in [0, 0.1) is 5.41 Å². The van der Waals surface area contributed by atoms with Gasteiger partial charge in [-0.15, -0.1) is 0 Å². The second kappa shape index (κ2) is 3.08. The number of nitrogens with two attached hydrogens (primary N) is 1. The molecular formula is C8H13N3O2. The number of hydrogen-bond donors (Lipinski definition) is 2. The number of nitrogen functional groups attached to an aromatic ring is 1. The fourth-order valence-corrected chi connectivity index (χ4v) is 0.938. The van der Waals surface area contributed by atoms with Crippen LogP contribution < -0.4 is 5.73 Å². The highest BCUT2D eigenvalue weighted by molar-refractivity contribution is 5.73. The average Bonchev–Trinajstić information content (AvgIpc) is 2.34. The molecule has 0 aliphatic carbocycles. The van der Waals surface area contributed by atoms with Gasteiger partial charge in [0.1, 0.15) is 5.82 Å². The van der Waals surface area contributed by atoms with Gasteiger partial charge >= 0.3 is 5.97 Å². The fourth-order valence-electron chi connectivity index (χ4n) is 0.938. The Balaban J connectivity index is 2.74. The minimum atomic E-state index is -0.846. The Morgan fingerprint density at radius 1 is 1.77 bits per heavy atom. The van der Waals surface area contributed by atoms with Crippen LogP contribution in [0.1, 0.15) is 13.8 Å². The molecule has 1 aromatic heterocycles. The summed E-state index contributed by atoms with van der Waals surface area (Å²) in [5.41, 5.74) is 4.57. The molecule has 72 valence electrons. The van der Waals surface area contributed by atoms with Crippen molar-refractivity contribution in [3.63, 3.8) is 0 Å². The van der Waals surface area contributed by atoms with E-state index < -0.39 is 11.4 Å². The Bertz CT molecular complexity index is 317. The van der Waals surface area contributed by atoms with Crippen molar-refractivity contribution in [1.82, 2.24) is 9.78 Å². The molecule has 5 nitrogen and oxygen atoms in total. The maximum Gasteiger partial charge on any atom is 0.310 e. The third-order valence-electron chi connectivity index (χ3n) is 1.80. The van der Waals surface area contributed by atoms with Gasteiger partial charge in [-0.2, -0.15) is 5.10 Å². The Labute approximate surface area is 76.2 Å². The van der Waals surface area contributed by atoms with E-state index >= 15 is 0 Å². The lowest BCUT2D eigenvalue weighted by Gasteiger charge is -2.18. The molecule has 0 radical (unpaired) electrons. The van der Waals surface area contributed by atoms with Crippen LogP contribution >= 0.6 is 0 Å². The van der Waals surface area contributed by atoms with Crippen molar-refractivity contribution in [2.45, 2.75) is 20.4 Å². The lowest BCUT2D eigenvalue weighted by Crippen LogP contribution is -2.29. The van der Waals surface area contributed by atoms with E-state index in [2.05, 4.69) is 5.10 Å². The molecule has 0 saturated heterocycles. The summed E-state index contributed by atoms with van der Waals surface area (Å²) in [6, 6.07) is 1.64. The van der Waals surface area contributed by atoms with E-state index in [-0.39, 0.29) is 0 Å². The zero-order valence-electron chi connectivity index (χ0n) is 7.69. The molecule has 0 aromatic carbocycles. The number of rotatable bonds is 3. The Hall–Kier alpha value is -1.52. The van der Waals surface area contributed by atoms with Gasteiger partial charge in [0, 0.05) is 6.20 Å². The first-order valence-corrected chi connectivity index (χ1v) is 3.94. The molecule has 0 fully saturated rings. The first kappa shape index (κ1) is 9.57. The number of anilines is 1. The van der Waals surface area contributed by atoms with Crippen molar-refractivity contribution in [3.05, 3.63) is 12.3 Å². The van der Waals surface area contributed by atoms with E-state index in [1.165, 1.54) is 4.68 Å². The van der Waals surface area contributed by atoms with E-state index in [0.29, 0.717) is 12.4 Å². The zero-order chi connectivity index (χ0) is 10.1. The lowest BCUT2D eigenvalue weighted by atomic mass is 9.94. The van der Waals surface area contributed by atoms with Gasteiger partial charge in [0.25, 0.3) is 0 Å². The molecule has 0 bridgehead atoms. The predicted molar refractivity (Wildman–Crippen MR) is 48.1 cm³/mol. The van der Waals surface area contributed by atoms with Crippen LogP contribution in [-0.4, -0.2) is 20.9 Å². The van der Waals surface area contributed by atoms with Crippen LogP contribution in [0.3, 0.4) is 0 Å². The van der Waals surface area contributed by atoms with Gasteiger partial charge < -0.3 is 10.8 Å². The maximum absolute atomic E-state index is 10.8. The van der Waals surface area contributed by atoms with Crippen molar-refractivity contribution < 1.29 is 9.90 Å². The molecule has 0 saturated carbocycles. The average molecular weight is 183 g/mol. The van der Waals surface area contributed by atoms with E-state index in [1.54, 1.807) is 26.1 Å². The molecule has 1 aromatic rings. The molecule has 1 heterocycles. The quantitative estimate of drug-likeness (QED) is 0.718. The summed E-state index contributed by atoms with van der Waals surface area (Å²) in [7, 11) is 0. The van der Waals surface area contributed by atoms with Gasteiger partial charge in [0.15, 0.2) is 0 Å². The van der Waals surface area contributed by atoms with Crippen molar-refractivity contribution in [1.29, 1.82) is 0 Å². The molecule has 13 heavy (non-hydrogen) atoms. The molecular weight excluding hydrogens is 170 g/mol. The molecule has 5 heteroatoms. The van der Waals surface area contributed by atoms with E-state index in [0.717, 1.165) is 0 Å². The number of aromatic nitrogens is 2. The van der Waals surface area contributed by atoms with Crippen molar-refractivity contribution in [3.8, 4) is 0 Å². The highest BCUT2D eigenvalue weighted by atomic mass is 16.4. The van der Waals surface area contributed by atoms with E-state index in [1.807, 2.05) is 0 Å². The summed E-state index contributed by atoms with van der Waals surface area (Å²) in [6.07, 6.45) is 1.67. The first-order valence-electron chi connectivity index (χ1n) is 3.94. The van der Waals surface area contributed by atoms with Crippen molar-refractivity contribution >= 4 is 11.8 Å². The topological polar surface area (TPSA) is 81.1 Å². The number of nitrogens with zero attached hydrogens (tertiary/aromatic N) is 2. The third kappa shape index (κ3) is 2.21. The normalized spacial score (nSPS) is 11.5. The molecule has 0 spiro atoms. The fraction of sp³-hybridized carbons (Fsp3) is 0.500. The van der Waals surface area contributed by atoms with Crippen LogP contribution in [0.15, 0.2) is 12.3 Å². The summed E-state index contributed by atoms with van der Waals surface area (Å²) in [4.78, 5) is 10.8. The number of aliphatic carboxylic acids is 1. The lowest BCUT2D eigenvalue weighted by molar-refractivity contribution is -0.147. The standard InChI is InChI=1S/C8H13N3O2/c1-8(2,7(12)13)5-11-4-3-6(9)10-11/h3-4H,5H2,1-2H3,(H2,9,10)(H,12,13). The third-order valence-corrected chi connectivity index (χ3v) is 1.80. The summed E-state index contributed by atoms with van der Waals surface area (Å²) < 4.78 is 1.53. The highest BCUT2D eigenvalue weighted by Crippen LogP contribution is 2.17. The van der Waals surface area contributed by atoms with Gasteiger partial charge in [-0.25, -0.2) is 0 Å². The van der Waals surface area contributed by atoms with Crippen LogP contribution in [0.2, 0.25) is 0 Å². The second-order valence-corrected chi connectivity index (χ2v) is 3.63. The van der Waals surface area contributed by atoms with Crippen LogP contribution in [0.5, 0.6) is 0 Å². The summed E-state index contributed by atoms with van der Waals surface area (Å²) in [5.74, 6) is -0.442. The summed E-state index contributed by atoms with van der Waals surface area (Å²) >= 11 is 0. The Morgan fingerprint density at radius 2 is 2.38 bits per heavy atom. The predicted octanol–water partition coefficient (Wildman–Crippen LogP) is 0.576. The zero-order valence-corrected chi connectivity index (χ0v) is 7.69. The minimum absolute atomic E-state index is 0.319. The Kier molecular flexibility index (Phi) is 2.27. The van der Waals surface area contributed by atoms with Crippen LogP contribution in [0.25, 0.3) is 0 Å². The van der Waals surface area contributed by atoms with Crippen LogP contribution in [0.4, 0.5) is 5.82 Å².